The Morgan fingerprint density at radius 2 is 2.23 bits per heavy atom. The molecule has 1 aromatic heterocycles. The smallest absolute Gasteiger partial charge is 0.251 e. The molecule has 13 heavy (non-hydrogen) atoms. The number of primary amides is 1. The normalized spacial score (nSPS) is 15.4. The van der Waals surface area contributed by atoms with Gasteiger partial charge < -0.3 is 11.5 Å². The van der Waals surface area contributed by atoms with Crippen LogP contribution in [0.2, 0.25) is 0 Å². The van der Waals surface area contributed by atoms with Gasteiger partial charge in [0.2, 0.25) is 0 Å². The van der Waals surface area contributed by atoms with E-state index in [0.717, 1.165) is 23.5 Å². The Morgan fingerprint density at radius 1 is 1.46 bits per heavy atom. The van der Waals surface area contributed by atoms with E-state index in [1.54, 1.807) is 0 Å². The molecule has 0 unspecified atom stereocenters. The van der Waals surface area contributed by atoms with Gasteiger partial charge >= 0.3 is 0 Å². The van der Waals surface area contributed by atoms with E-state index in [-0.39, 0.29) is 5.91 Å². The van der Waals surface area contributed by atoms with E-state index in [1.807, 2.05) is 11.8 Å². The Labute approximate surface area is 84.5 Å². The van der Waals surface area contributed by atoms with E-state index >= 15 is 0 Å². The number of nitrogens with two attached hydrogens (primary N) is 2. The van der Waals surface area contributed by atoms with Crippen molar-refractivity contribution in [2.24, 2.45) is 5.73 Å². The zero-order valence-corrected chi connectivity index (χ0v) is 8.63. The van der Waals surface area contributed by atoms with E-state index in [0.29, 0.717) is 10.6 Å². The molecule has 5 heteroatoms. The van der Waals surface area contributed by atoms with Gasteiger partial charge in [-0.15, -0.1) is 11.3 Å². The number of hydrogen-bond acceptors (Lipinski definition) is 4. The molecule has 0 saturated heterocycles. The van der Waals surface area contributed by atoms with Crippen LogP contribution in [0.1, 0.15) is 20.8 Å². The van der Waals surface area contributed by atoms with Gasteiger partial charge in [-0.1, -0.05) is 0 Å². The molecule has 0 saturated carbocycles. The molecule has 1 amide bonds. The number of fused-ring (bicyclic) bond motifs is 1. The Hall–Kier alpha value is -0.680. The van der Waals surface area contributed by atoms with Gasteiger partial charge in [0.15, 0.2) is 0 Å². The number of nitrogen functional groups attached to an aromatic ring is 1. The molecule has 2 heterocycles. The first-order valence-corrected chi connectivity index (χ1v) is 5.95. The molecule has 0 atom stereocenters. The lowest BCUT2D eigenvalue weighted by molar-refractivity contribution is 0.100. The second-order valence-corrected chi connectivity index (χ2v) is 5.15. The van der Waals surface area contributed by atoms with Gasteiger partial charge in [-0.3, -0.25) is 4.79 Å². The van der Waals surface area contributed by atoms with Crippen molar-refractivity contribution in [3.63, 3.8) is 0 Å². The molecule has 2 rings (SSSR count). The summed E-state index contributed by atoms with van der Waals surface area (Å²) in [5, 5.41) is 0.583. The maximum atomic E-state index is 11.1. The first-order chi connectivity index (χ1) is 6.20. The third-order valence-corrected chi connectivity index (χ3v) is 4.32. The predicted molar refractivity (Wildman–Crippen MR) is 57.1 cm³/mol. The van der Waals surface area contributed by atoms with Crippen molar-refractivity contribution in [2.75, 3.05) is 11.5 Å². The zero-order chi connectivity index (χ0) is 9.42. The van der Waals surface area contributed by atoms with Gasteiger partial charge in [0.05, 0.1) is 10.6 Å². The van der Waals surface area contributed by atoms with Crippen molar-refractivity contribution in [2.45, 2.75) is 12.2 Å². The van der Waals surface area contributed by atoms with E-state index in [1.165, 1.54) is 16.2 Å². The second kappa shape index (κ2) is 3.23. The molecule has 0 spiro atoms. The standard InChI is InChI=1S/C8H10N2OS2/c9-7(11)6-4-1-2-12-3-5(4)13-8(6)10/h1-3,10H2,(H2,9,11). The largest absolute Gasteiger partial charge is 0.390 e. The molecule has 0 bridgehead atoms. The maximum Gasteiger partial charge on any atom is 0.251 e. The highest BCUT2D eigenvalue weighted by Gasteiger charge is 2.22. The average molecular weight is 214 g/mol. The van der Waals surface area contributed by atoms with Crippen LogP contribution in [0.4, 0.5) is 5.00 Å². The first kappa shape index (κ1) is 8.90. The molecule has 0 aliphatic carbocycles. The lowest BCUT2D eigenvalue weighted by Crippen LogP contribution is -2.15. The number of anilines is 1. The third-order valence-electron chi connectivity index (χ3n) is 2.09. The predicted octanol–water partition coefficient (Wildman–Crippen LogP) is 1.22. The molecule has 70 valence electrons. The van der Waals surface area contributed by atoms with Gasteiger partial charge in [0.25, 0.3) is 5.91 Å². The highest BCUT2D eigenvalue weighted by Crippen LogP contribution is 2.37. The molecule has 0 radical (unpaired) electrons. The fourth-order valence-corrected chi connectivity index (χ4v) is 3.78. The van der Waals surface area contributed by atoms with E-state index in [4.69, 9.17) is 11.5 Å². The lowest BCUT2D eigenvalue weighted by atomic mass is 10.1. The van der Waals surface area contributed by atoms with E-state index in [2.05, 4.69) is 0 Å². The van der Waals surface area contributed by atoms with Crippen molar-refractivity contribution in [3.05, 3.63) is 16.0 Å². The Kier molecular flexibility index (Phi) is 2.21. The molecule has 0 aromatic carbocycles. The van der Waals surface area contributed by atoms with E-state index < -0.39 is 0 Å². The summed E-state index contributed by atoms with van der Waals surface area (Å²) in [6.07, 6.45) is 0.923. The van der Waals surface area contributed by atoms with Crippen LogP contribution >= 0.6 is 23.1 Å². The van der Waals surface area contributed by atoms with Crippen LogP contribution in [0.15, 0.2) is 0 Å². The van der Waals surface area contributed by atoms with Gasteiger partial charge in [-0.2, -0.15) is 11.8 Å². The highest BCUT2D eigenvalue weighted by atomic mass is 32.2. The monoisotopic (exact) mass is 214 g/mol. The van der Waals surface area contributed by atoms with Crippen molar-refractivity contribution in [1.29, 1.82) is 0 Å². The number of rotatable bonds is 1. The Bertz CT molecular complexity index is 359. The minimum atomic E-state index is -0.387. The summed E-state index contributed by atoms with van der Waals surface area (Å²) in [4.78, 5) is 12.3. The van der Waals surface area contributed by atoms with Crippen LogP contribution in [0.25, 0.3) is 0 Å². The molecule has 1 aromatic rings. The minimum absolute atomic E-state index is 0.387. The van der Waals surface area contributed by atoms with Crippen molar-refractivity contribution < 1.29 is 4.79 Å². The topological polar surface area (TPSA) is 69.1 Å². The summed E-state index contributed by atoms with van der Waals surface area (Å²) in [6, 6.07) is 0. The first-order valence-electron chi connectivity index (χ1n) is 3.97. The summed E-state index contributed by atoms with van der Waals surface area (Å²) in [6.45, 7) is 0. The molecule has 3 nitrogen and oxygen atoms in total. The number of thiophene rings is 1. The maximum absolute atomic E-state index is 11.1. The van der Waals surface area contributed by atoms with Crippen LogP contribution in [0.3, 0.4) is 0 Å². The fourth-order valence-electron chi connectivity index (χ4n) is 1.52. The molecule has 1 aliphatic heterocycles. The molecule has 4 N–H and O–H groups in total. The molecule has 1 aliphatic rings. The molecular formula is C8H10N2OS2. The number of carbonyl (C=O) groups excluding carboxylic acids is 1. The number of hydrogen-bond donors (Lipinski definition) is 2. The van der Waals surface area contributed by atoms with Crippen LogP contribution in [-0.4, -0.2) is 11.7 Å². The summed E-state index contributed by atoms with van der Waals surface area (Å²) < 4.78 is 0. The minimum Gasteiger partial charge on any atom is -0.390 e. The van der Waals surface area contributed by atoms with Crippen molar-refractivity contribution >= 4 is 34.0 Å². The van der Waals surface area contributed by atoms with Crippen LogP contribution < -0.4 is 11.5 Å². The number of thioether (sulfide) groups is 1. The summed E-state index contributed by atoms with van der Waals surface area (Å²) in [7, 11) is 0. The number of carbonyl (C=O) groups is 1. The molecular weight excluding hydrogens is 204 g/mol. The van der Waals surface area contributed by atoms with Crippen LogP contribution in [0.5, 0.6) is 0 Å². The second-order valence-electron chi connectivity index (χ2n) is 2.91. The number of amides is 1. The quantitative estimate of drug-likeness (QED) is 0.738. The van der Waals surface area contributed by atoms with Crippen molar-refractivity contribution in [3.8, 4) is 0 Å². The Balaban J connectivity index is 2.54. The fraction of sp³-hybridized carbons (Fsp3) is 0.375. The SMILES string of the molecule is NC(=O)c1c(N)sc2c1CCSC2. The Morgan fingerprint density at radius 3 is 2.92 bits per heavy atom. The highest BCUT2D eigenvalue weighted by molar-refractivity contribution is 7.98. The third kappa shape index (κ3) is 1.42. The van der Waals surface area contributed by atoms with Gasteiger partial charge in [-0.05, 0) is 17.7 Å². The summed E-state index contributed by atoms with van der Waals surface area (Å²) in [5.41, 5.74) is 12.7. The van der Waals surface area contributed by atoms with Crippen LogP contribution in [0, 0.1) is 0 Å². The summed E-state index contributed by atoms with van der Waals surface area (Å²) in [5.74, 6) is 1.64. The lowest BCUT2D eigenvalue weighted by Gasteiger charge is -2.10. The zero-order valence-electron chi connectivity index (χ0n) is 7.00. The average Bonchev–Trinajstić information content (AvgIpc) is 2.39. The van der Waals surface area contributed by atoms with Gasteiger partial charge in [0, 0.05) is 10.6 Å². The van der Waals surface area contributed by atoms with Crippen LogP contribution in [-0.2, 0) is 12.2 Å². The van der Waals surface area contributed by atoms with Crippen molar-refractivity contribution in [1.82, 2.24) is 0 Å². The van der Waals surface area contributed by atoms with Gasteiger partial charge in [0.1, 0.15) is 0 Å². The molecule has 0 fully saturated rings. The van der Waals surface area contributed by atoms with Gasteiger partial charge in [-0.25, -0.2) is 0 Å². The summed E-state index contributed by atoms with van der Waals surface area (Å²) >= 11 is 3.38. The van der Waals surface area contributed by atoms with E-state index in [9.17, 15) is 4.79 Å².